The van der Waals surface area contributed by atoms with E-state index in [0.717, 1.165) is 12.2 Å². The molecule has 0 bridgehead atoms. The fraction of sp³-hybridized carbons (Fsp3) is 0.692. The van der Waals surface area contributed by atoms with E-state index in [-0.39, 0.29) is 0 Å². The molecule has 0 spiro atoms. The van der Waals surface area contributed by atoms with Crippen molar-refractivity contribution in [2.45, 2.75) is 51.4 Å². The highest BCUT2D eigenvalue weighted by atomic mass is 16.5. The summed E-state index contributed by atoms with van der Waals surface area (Å²) in [6, 6.07) is 1.76. The number of ether oxygens (including phenoxy) is 1. The SMILES string of the molecule is CCCCCCOc1cc(NN)nc(C2CC2)n1. The fourth-order valence-electron chi connectivity index (χ4n) is 1.82. The predicted octanol–water partition coefficient (Wildman–Crippen LogP) is 2.60. The van der Waals surface area contributed by atoms with Crippen LogP contribution in [0.2, 0.25) is 0 Å². The van der Waals surface area contributed by atoms with Gasteiger partial charge < -0.3 is 10.2 Å². The lowest BCUT2D eigenvalue weighted by molar-refractivity contribution is 0.292. The minimum absolute atomic E-state index is 0.501. The summed E-state index contributed by atoms with van der Waals surface area (Å²) < 4.78 is 5.67. The number of aromatic nitrogens is 2. The Labute approximate surface area is 108 Å². The van der Waals surface area contributed by atoms with E-state index in [1.54, 1.807) is 6.07 Å². The molecule has 2 rings (SSSR count). The molecule has 0 saturated heterocycles. The molecule has 18 heavy (non-hydrogen) atoms. The first-order valence-electron chi connectivity index (χ1n) is 6.82. The highest BCUT2D eigenvalue weighted by Crippen LogP contribution is 2.39. The third-order valence-corrected chi connectivity index (χ3v) is 3.06. The van der Waals surface area contributed by atoms with E-state index >= 15 is 0 Å². The van der Waals surface area contributed by atoms with Gasteiger partial charge in [-0.2, -0.15) is 4.98 Å². The van der Waals surface area contributed by atoms with Crippen LogP contribution in [0.5, 0.6) is 5.88 Å². The van der Waals surface area contributed by atoms with Crippen LogP contribution in [0.4, 0.5) is 5.82 Å². The van der Waals surface area contributed by atoms with E-state index < -0.39 is 0 Å². The molecule has 1 fully saturated rings. The third kappa shape index (κ3) is 3.84. The standard InChI is InChI=1S/C13H22N4O/c1-2-3-4-5-8-18-12-9-11(17-14)15-13(16-12)10-6-7-10/h9-10H,2-8,14H2,1H3,(H,15,16,17). The average molecular weight is 250 g/mol. The lowest BCUT2D eigenvalue weighted by atomic mass is 10.2. The number of hydrazine groups is 1. The first kappa shape index (κ1) is 13.1. The maximum Gasteiger partial charge on any atom is 0.218 e. The molecule has 1 saturated carbocycles. The smallest absolute Gasteiger partial charge is 0.218 e. The zero-order valence-electron chi connectivity index (χ0n) is 11.0. The van der Waals surface area contributed by atoms with E-state index in [4.69, 9.17) is 10.6 Å². The molecule has 0 atom stereocenters. The molecule has 1 aromatic rings. The number of unbranched alkanes of at least 4 members (excludes halogenated alkanes) is 3. The molecule has 1 heterocycles. The van der Waals surface area contributed by atoms with Crippen molar-refractivity contribution in [3.8, 4) is 5.88 Å². The second-order valence-electron chi connectivity index (χ2n) is 4.78. The van der Waals surface area contributed by atoms with Gasteiger partial charge in [-0.1, -0.05) is 26.2 Å². The Balaban J connectivity index is 1.88. The van der Waals surface area contributed by atoms with Crippen molar-refractivity contribution >= 4 is 5.82 Å². The quantitative estimate of drug-likeness (QED) is 0.421. The molecule has 5 nitrogen and oxygen atoms in total. The molecule has 3 N–H and O–H groups in total. The Hall–Kier alpha value is -1.36. The van der Waals surface area contributed by atoms with Crippen molar-refractivity contribution < 1.29 is 4.74 Å². The van der Waals surface area contributed by atoms with E-state index in [0.29, 0.717) is 24.2 Å². The van der Waals surface area contributed by atoms with Crippen LogP contribution in [-0.2, 0) is 0 Å². The van der Waals surface area contributed by atoms with Crippen molar-refractivity contribution in [1.82, 2.24) is 9.97 Å². The van der Waals surface area contributed by atoms with Gasteiger partial charge in [0, 0.05) is 12.0 Å². The first-order valence-corrected chi connectivity index (χ1v) is 6.82. The van der Waals surface area contributed by atoms with Crippen LogP contribution in [0.3, 0.4) is 0 Å². The average Bonchev–Trinajstić information content (AvgIpc) is 3.22. The van der Waals surface area contributed by atoms with Gasteiger partial charge in [-0.25, -0.2) is 10.8 Å². The van der Waals surface area contributed by atoms with Crippen LogP contribution in [0.25, 0.3) is 0 Å². The Bertz CT molecular complexity index is 379. The summed E-state index contributed by atoms with van der Waals surface area (Å²) in [6.07, 6.45) is 7.12. The predicted molar refractivity (Wildman–Crippen MR) is 71.5 cm³/mol. The number of nitrogens with zero attached hydrogens (tertiary/aromatic N) is 2. The van der Waals surface area contributed by atoms with Gasteiger partial charge in [0.1, 0.15) is 11.6 Å². The number of hydrogen-bond donors (Lipinski definition) is 2. The number of nitrogen functional groups attached to an aromatic ring is 1. The van der Waals surface area contributed by atoms with Gasteiger partial charge >= 0.3 is 0 Å². The normalized spacial score (nSPS) is 14.6. The van der Waals surface area contributed by atoms with Crippen molar-refractivity contribution in [3.05, 3.63) is 11.9 Å². The third-order valence-electron chi connectivity index (χ3n) is 3.06. The summed E-state index contributed by atoms with van der Waals surface area (Å²) in [5, 5.41) is 0. The molecule has 1 aliphatic rings. The van der Waals surface area contributed by atoms with Crippen molar-refractivity contribution in [3.63, 3.8) is 0 Å². The van der Waals surface area contributed by atoms with E-state index in [2.05, 4.69) is 22.3 Å². The van der Waals surface area contributed by atoms with E-state index in [9.17, 15) is 0 Å². The van der Waals surface area contributed by atoms with Crippen molar-refractivity contribution in [2.75, 3.05) is 12.0 Å². The van der Waals surface area contributed by atoms with Gasteiger partial charge in [0.05, 0.1) is 6.61 Å². The molecule has 0 aliphatic heterocycles. The Morgan fingerprint density at radius 1 is 1.33 bits per heavy atom. The van der Waals surface area contributed by atoms with Crippen LogP contribution < -0.4 is 16.0 Å². The summed E-state index contributed by atoms with van der Waals surface area (Å²) in [5.41, 5.74) is 2.57. The molecule has 0 unspecified atom stereocenters. The maximum atomic E-state index is 5.67. The summed E-state index contributed by atoms with van der Waals surface area (Å²) in [6.45, 7) is 2.91. The molecule has 0 amide bonds. The summed E-state index contributed by atoms with van der Waals surface area (Å²) in [7, 11) is 0. The highest BCUT2D eigenvalue weighted by molar-refractivity contribution is 5.38. The topological polar surface area (TPSA) is 73.1 Å². The van der Waals surface area contributed by atoms with Crippen LogP contribution in [0.1, 0.15) is 57.2 Å². The van der Waals surface area contributed by atoms with Crippen LogP contribution in [0.15, 0.2) is 6.07 Å². The molecule has 1 aromatic heterocycles. The van der Waals surface area contributed by atoms with Crippen molar-refractivity contribution in [1.29, 1.82) is 0 Å². The second kappa shape index (κ2) is 6.54. The number of rotatable bonds is 8. The Morgan fingerprint density at radius 2 is 2.17 bits per heavy atom. The van der Waals surface area contributed by atoms with Gasteiger partial charge in [-0.15, -0.1) is 0 Å². The number of nitrogens with two attached hydrogens (primary N) is 1. The number of anilines is 1. The minimum Gasteiger partial charge on any atom is -0.478 e. The molecule has 5 heteroatoms. The van der Waals surface area contributed by atoms with Gasteiger partial charge in [0.2, 0.25) is 5.88 Å². The summed E-state index contributed by atoms with van der Waals surface area (Å²) >= 11 is 0. The molecular weight excluding hydrogens is 228 g/mol. The van der Waals surface area contributed by atoms with E-state index in [1.165, 1.54) is 32.1 Å². The fourth-order valence-corrected chi connectivity index (χ4v) is 1.82. The van der Waals surface area contributed by atoms with Crippen molar-refractivity contribution in [2.24, 2.45) is 5.84 Å². The van der Waals surface area contributed by atoms with Gasteiger partial charge in [-0.05, 0) is 19.3 Å². The number of nitrogens with one attached hydrogen (secondary N) is 1. The lowest BCUT2D eigenvalue weighted by Gasteiger charge is -2.08. The highest BCUT2D eigenvalue weighted by Gasteiger charge is 2.27. The maximum absolute atomic E-state index is 5.67. The zero-order valence-corrected chi connectivity index (χ0v) is 11.0. The first-order chi connectivity index (χ1) is 8.83. The van der Waals surface area contributed by atoms with Gasteiger partial charge in [-0.3, -0.25) is 0 Å². The Morgan fingerprint density at radius 3 is 2.83 bits per heavy atom. The van der Waals surface area contributed by atoms with Gasteiger partial charge in [0.25, 0.3) is 0 Å². The van der Waals surface area contributed by atoms with Gasteiger partial charge in [0.15, 0.2) is 0 Å². The molecule has 100 valence electrons. The minimum atomic E-state index is 0.501. The summed E-state index contributed by atoms with van der Waals surface area (Å²) in [4.78, 5) is 8.78. The molecule has 1 aliphatic carbocycles. The molecule has 0 aromatic carbocycles. The van der Waals surface area contributed by atoms with E-state index in [1.807, 2.05) is 0 Å². The van der Waals surface area contributed by atoms with Crippen LogP contribution in [-0.4, -0.2) is 16.6 Å². The van der Waals surface area contributed by atoms with Crippen LogP contribution in [0, 0.1) is 0 Å². The van der Waals surface area contributed by atoms with Crippen LogP contribution >= 0.6 is 0 Å². The second-order valence-corrected chi connectivity index (χ2v) is 4.78. The monoisotopic (exact) mass is 250 g/mol. The molecular formula is C13H22N4O. The number of hydrogen-bond acceptors (Lipinski definition) is 5. The lowest BCUT2D eigenvalue weighted by Crippen LogP contribution is -2.11. The zero-order chi connectivity index (χ0) is 12.8. The largest absolute Gasteiger partial charge is 0.478 e. The Kier molecular flexibility index (Phi) is 4.75. The molecule has 0 radical (unpaired) electrons. The summed E-state index contributed by atoms with van der Waals surface area (Å²) in [5.74, 6) is 8.03.